The molecule has 1 rings (SSSR count). The second kappa shape index (κ2) is 5.00. The SMILES string of the molecule is Cc1cc(O)c(O)cc1C(=O)C(=C=O)NI. The van der Waals surface area contributed by atoms with Crippen molar-refractivity contribution in [1.29, 1.82) is 0 Å². The number of ketones is 1. The van der Waals surface area contributed by atoms with Crippen molar-refractivity contribution < 1.29 is 19.8 Å². The number of Topliss-reactive ketones (excluding diaryl/α,β-unsaturated/α-hetero) is 1. The quantitative estimate of drug-likeness (QED) is 0.194. The van der Waals surface area contributed by atoms with E-state index >= 15 is 0 Å². The van der Waals surface area contributed by atoms with E-state index in [0.717, 1.165) is 6.07 Å². The van der Waals surface area contributed by atoms with E-state index in [1.807, 2.05) is 0 Å². The molecule has 16 heavy (non-hydrogen) atoms. The lowest BCUT2D eigenvalue weighted by Crippen LogP contribution is -2.13. The van der Waals surface area contributed by atoms with Crippen molar-refractivity contribution in [3.8, 4) is 11.5 Å². The summed E-state index contributed by atoms with van der Waals surface area (Å²) in [7, 11) is 0. The molecule has 0 aliphatic heterocycles. The predicted molar refractivity (Wildman–Crippen MR) is 65.2 cm³/mol. The summed E-state index contributed by atoms with van der Waals surface area (Å²) in [6.07, 6.45) is 0. The molecule has 0 saturated heterocycles. The minimum atomic E-state index is -0.586. The van der Waals surface area contributed by atoms with Crippen molar-refractivity contribution in [2.24, 2.45) is 0 Å². The Morgan fingerprint density at radius 3 is 2.44 bits per heavy atom. The van der Waals surface area contributed by atoms with Crippen LogP contribution >= 0.6 is 22.9 Å². The molecular weight excluding hydrogens is 325 g/mol. The van der Waals surface area contributed by atoms with Crippen LogP contribution in [0.15, 0.2) is 17.8 Å². The molecule has 0 bridgehead atoms. The van der Waals surface area contributed by atoms with E-state index in [4.69, 9.17) is 0 Å². The van der Waals surface area contributed by atoms with E-state index in [9.17, 15) is 19.8 Å². The maximum Gasteiger partial charge on any atom is 0.221 e. The van der Waals surface area contributed by atoms with Crippen LogP contribution in [0.2, 0.25) is 0 Å². The van der Waals surface area contributed by atoms with E-state index < -0.39 is 11.5 Å². The van der Waals surface area contributed by atoms with Crippen molar-refractivity contribution in [3.05, 3.63) is 29.0 Å². The highest BCUT2D eigenvalue weighted by Gasteiger charge is 2.17. The fraction of sp³-hybridized carbons (Fsp3) is 0.100. The zero-order valence-corrected chi connectivity index (χ0v) is 10.4. The third-order valence-corrected chi connectivity index (χ3v) is 2.53. The largest absolute Gasteiger partial charge is 0.504 e. The lowest BCUT2D eigenvalue weighted by atomic mass is 10.0. The van der Waals surface area contributed by atoms with Gasteiger partial charge in [0.2, 0.25) is 5.78 Å². The molecule has 0 heterocycles. The number of aromatic hydroxyl groups is 2. The van der Waals surface area contributed by atoms with Crippen LogP contribution in [0, 0.1) is 6.92 Å². The Bertz CT molecular complexity index is 492. The molecule has 6 heteroatoms. The summed E-state index contributed by atoms with van der Waals surface area (Å²) in [5, 5.41) is 18.5. The highest BCUT2D eigenvalue weighted by atomic mass is 127. The van der Waals surface area contributed by atoms with E-state index in [0.29, 0.717) is 5.56 Å². The average Bonchev–Trinajstić information content (AvgIpc) is 2.25. The lowest BCUT2D eigenvalue weighted by Gasteiger charge is -2.06. The van der Waals surface area contributed by atoms with Gasteiger partial charge in [0.15, 0.2) is 23.1 Å². The van der Waals surface area contributed by atoms with Gasteiger partial charge >= 0.3 is 0 Å². The van der Waals surface area contributed by atoms with E-state index in [1.54, 1.807) is 29.8 Å². The lowest BCUT2D eigenvalue weighted by molar-refractivity contribution is 0.103. The van der Waals surface area contributed by atoms with Gasteiger partial charge in [0, 0.05) is 5.56 Å². The normalized spacial score (nSPS) is 9.38. The van der Waals surface area contributed by atoms with E-state index in [-0.39, 0.29) is 17.0 Å². The Morgan fingerprint density at radius 1 is 1.38 bits per heavy atom. The van der Waals surface area contributed by atoms with Crippen LogP contribution in [0.25, 0.3) is 0 Å². The van der Waals surface area contributed by atoms with Gasteiger partial charge in [-0.25, -0.2) is 4.79 Å². The monoisotopic (exact) mass is 333 g/mol. The number of aryl methyl sites for hydroxylation is 1. The maximum absolute atomic E-state index is 11.7. The Kier molecular flexibility index (Phi) is 3.92. The van der Waals surface area contributed by atoms with Crippen molar-refractivity contribution in [2.45, 2.75) is 6.92 Å². The van der Waals surface area contributed by atoms with Crippen LogP contribution in [-0.4, -0.2) is 21.9 Å². The summed E-state index contributed by atoms with van der Waals surface area (Å²) >= 11 is 1.64. The number of hydrogen-bond donors (Lipinski definition) is 3. The van der Waals surface area contributed by atoms with Gasteiger partial charge in [-0.1, -0.05) is 0 Å². The molecule has 0 atom stereocenters. The Morgan fingerprint density at radius 2 is 1.94 bits per heavy atom. The second-order valence-corrected chi connectivity index (χ2v) is 3.60. The van der Waals surface area contributed by atoms with Crippen molar-refractivity contribution in [1.82, 2.24) is 3.53 Å². The molecule has 0 saturated carbocycles. The third kappa shape index (κ3) is 2.34. The number of allylic oxidation sites excluding steroid dienone is 1. The zero-order valence-electron chi connectivity index (χ0n) is 8.24. The number of phenols is 2. The predicted octanol–water partition coefficient (Wildman–Crippen LogP) is 1.24. The van der Waals surface area contributed by atoms with Crippen LogP contribution in [0.4, 0.5) is 0 Å². The number of benzene rings is 1. The van der Waals surface area contributed by atoms with Crippen LogP contribution in [0.1, 0.15) is 15.9 Å². The van der Waals surface area contributed by atoms with Gasteiger partial charge in [0.05, 0.1) is 22.9 Å². The van der Waals surface area contributed by atoms with Gasteiger partial charge in [-0.05, 0) is 24.6 Å². The Labute approximate surface area is 105 Å². The minimum absolute atomic E-state index is 0.137. The fourth-order valence-electron chi connectivity index (χ4n) is 1.17. The smallest absolute Gasteiger partial charge is 0.221 e. The van der Waals surface area contributed by atoms with Crippen LogP contribution < -0.4 is 3.53 Å². The molecule has 5 nitrogen and oxygen atoms in total. The molecule has 3 N–H and O–H groups in total. The molecule has 0 aliphatic carbocycles. The van der Waals surface area contributed by atoms with Gasteiger partial charge in [0.1, 0.15) is 0 Å². The van der Waals surface area contributed by atoms with Gasteiger partial charge in [-0.2, -0.15) is 0 Å². The molecule has 1 aromatic carbocycles. The second-order valence-electron chi connectivity index (χ2n) is 3.06. The molecule has 0 aliphatic rings. The van der Waals surface area contributed by atoms with Crippen LogP contribution in [0.5, 0.6) is 11.5 Å². The first kappa shape index (κ1) is 12.5. The first-order chi connectivity index (χ1) is 7.51. The maximum atomic E-state index is 11.7. The number of carbonyl (C=O) groups excluding carboxylic acids is 2. The molecule has 0 amide bonds. The highest BCUT2D eigenvalue weighted by Crippen LogP contribution is 2.28. The molecule has 0 fully saturated rings. The van der Waals surface area contributed by atoms with Gasteiger partial charge in [-0.3, -0.25) is 4.79 Å². The number of rotatable bonds is 3. The number of nitrogens with one attached hydrogen (secondary N) is 1. The number of hydrogen-bond acceptors (Lipinski definition) is 5. The highest BCUT2D eigenvalue weighted by molar-refractivity contribution is 14.1. The first-order valence-electron chi connectivity index (χ1n) is 4.20. The third-order valence-electron chi connectivity index (χ3n) is 1.99. The van der Waals surface area contributed by atoms with Crippen LogP contribution in [-0.2, 0) is 4.79 Å². The van der Waals surface area contributed by atoms with E-state index in [2.05, 4.69) is 3.53 Å². The summed E-state index contributed by atoms with van der Waals surface area (Å²) in [5.74, 6) is 0.158. The number of halogens is 1. The molecule has 0 spiro atoms. The minimum Gasteiger partial charge on any atom is -0.504 e. The summed E-state index contributed by atoms with van der Waals surface area (Å²) in [4.78, 5) is 22.2. The Hall–Kier alpha value is -1.53. The fourth-order valence-corrected chi connectivity index (χ4v) is 1.52. The summed E-state index contributed by atoms with van der Waals surface area (Å²) < 4.78 is 2.38. The Balaban J connectivity index is 3.29. The van der Waals surface area contributed by atoms with Gasteiger partial charge in [-0.15, -0.1) is 0 Å². The molecule has 84 valence electrons. The van der Waals surface area contributed by atoms with Gasteiger partial charge < -0.3 is 13.7 Å². The number of carbonyl (C=O) groups is 1. The standard InChI is InChI=1S/C10H8INO4/c1-5-2-8(14)9(15)3-6(5)10(16)7(4-13)12-11/h2-3,12,14-15H,1H3. The first-order valence-corrected chi connectivity index (χ1v) is 5.28. The van der Waals surface area contributed by atoms with Crippen LogP contribution in [0.3, 0.4) is 0 Å². The van der Waals surface area contributed by atoms with Crippen molar-refractivity contribution >= 4 is 34.6 Å². The summed E-state index contributed by atoms with van der Waals surface area (Å²) in [5.41, 5.74) is 0.353. The number of phenolic OH excluding ortho intramolecular Hbond substituents is 2. The summed E-state index contributed by atoms with van der Waals surface area (Å²) in [6, 6.07) is 2.36. The molecular formula is C10H8INO4. The van der Waals surface area contributed by atoms with Crippen molar-refractivity contribution in [2.75, 3.05) is 0 Å². The molecule has 1 aromatic rings. The average molecular weight is 333 g/mol. The summed E-state index contributed by atoms with van der Waals surface area (Å²) in [6.45, 7) is 1.59. The molecule has 0 radical (unpaired) electrons. The van der Waals surface area contributed by atoms with Gasteiger partial charge in [0.25, 0.3) is 0 Å². The van der Waals surface area contributed by atoms with E-state index in [1.165, 1.54) is 12.0 Å². The molecule has 0 unspecified atom stereocenters. The van der Waals surface area contributed by atoms with Crippen molar-refractivity contribution in [3.63, 3.8) is 0 Å². The topological polar surface area (TPSA) is 86.6 Å². The zero-order chi connectivity index (χ0) is 12.3. The molecule has 0 aromatic heterocycles.